The third-order valence-electron chi connectivity index (χ3n) is 4.59. The van der Waals surface area contributed by atoms with Crippen LogP contribution < -0.4 is 0 Å². The molecule has 25 heavy (non-hydrogen) atoms. The highest BCUT2D eigenvalue weighted by atomic mass is 35.5. The number of hydrogen-bond donors (Lipinski definition) is 0. The largest absolute Gasteiger partial charge is 0.451 e. The lowest BCUT2D eigenvalue weighted by Gasteiger charge is -2.05. The predicted molar refractivity (Wildman–Crippen MR) is 108 cm³/mol. The average molecular weight is 377 g/mol. The summed E-state index contributed by atoms with van der Waals surface area (Å²) in [5.41, 5.74) is -0.758. The molecule has 150 valence electrons. The summed E-state index contributed by atoms with van der Waals surface area (Å²) < 4.78 is 9.94. The Hall–Kier alpha value is -0.280. The molecule has 0 fully saturated rings. The summed E-state index contributed by atoms with van der Waals surface area (Å²) in [6.45, 7) is 3.72. The van der Waals surface area contributed by atoms with E-state index in [4.69, 9.17) is 16.3 Å². The third kappa shape index (κ3) is 23.7. The topological polar surface area (TPSA) is 35.5 Å². The van der Waals surface area contributed by atoms with E-state index < -0.39 is 5.43 Å². The van der Waals surface area contributed by atoms with Crippen molar-refractivity contribution in [2.24, 2.45) is 0 Å². The second-order valence-electron chi connectivity index (χ2n) is 7.00. The van der Waals surface area contributed by atoms with Gasteiger partial charge in [-0.1, -0.05) is 103 Å². The van der Waals surface area contributed by atoms with Crippen molar-refractivity contribution in [1.29, 1.82) is 0 Å². The molecule has 0 aliphatic rings. The van der Waals surface area contributed by atoms with Crippen molar-refractivity contribution in [2.45, 2.75) is 110 Å². The van der Waals surface area contributed by atoms with Gasteiger partial charge in [0.2, 0.25) is 0 Å². The van der Waals surface area contributed by atoms with Crippen molar-refractivity contribution in [3.63, 3.8) is 0 Å². The molecular formula is C21H41ClO3. The zero-order valence-corrected chi connectivity index (χ0v) is 17.3. The van der Waals surface area contributed by atoms with Crippen LogP contribution in [0.4, 0.5) is 4.79 Å². The van der Waals surface area contributed by atoms with Crippen LogP contribution in [0.1, 0.15) is 110 Å². The van der Waals surface area contributed by atoms with Gasteiger partial charge in [0.05, 0.1) is 6.61 Å². The SMILES string of the molecule is CCCCCCCCCCCCCCCCCCOCCOC(=O)Cl. The first-order valence-corrected chi connectivity index (χ1v) is 11.0. The minimum absolute atomic E-state index is 0.251. The molecule has 0 N–H and O–H groups in total. The average Bonchev–Trinajstić information content (AvgIpc) is 2.60. The number of carbonyl (C=O) groups excluding carboxylic acids is 1. The molecule has 0 saturated carbocycles. The maximum atomic E-state index is 10.3. The summed E-state index contributed by atoms with van der Waals surface area (Å²) in [5.74, 6) is 0. The Morgan fingerprint density at radius 1 is 0.600 bits per heavy atom. The molecule has 0 aromatic heterocycles. The molecule has 0 radical (unpaired) electrons. The van der Waals surface area contributed by atoms with E-state index in [1.165, 1.54) is 96.3 Å². The van der Waals surface area contributed by atoms with E-state index in [1.54, 1.807) is 0 Å². The Morgan fingerprint density at radius 3 is 1.40 bits per heavy atom. The summed E-state index contributed by atoms with van der Waals surface area (Å²) in [5, 5.41) is 0. The van der Waals surface area contributed by atoms with Crippen molar-refractivity contribution in [3.05, 3.63) is 0 Å². The number of ether oxygens (including phenoxy) is 2. The molecule has 4 heteroatoms. The van der Waals surface area contributed by atoms with E-state index in [2.05, 4.69) is 11.7 Å². The van der Waals surface area contributed by atoms with E-state index >= 15 is 0 Å². The van der Waals surface area contributed by atoms with Crippen molar-refractivity contribution >= 4 is 17.0 Å². The minimum Gasteiger partial charge on any atom is -0.451 e. The van der Waals surface area contributed by atoms with E-state index in [0.717, 1.165) is 13.0 Å². The number of carbonyl (C=O) groups is 1. The van der Waals surface area contributed by atoms with E-state index in [9.17, 15) is 4.79 Å². The molecular weight excluding hydrogens is 336 g/mol. The highest BCUT2D eigenvalue weighted by molar-refractivity contribution is 6.61. The summed E-state index contributed by atoms with van der Waals surface area (Å²) in [7, 11) is 0. The number of hydrogen-bond acceptors (Lipinski definition) is 3. The first-order valence-electron chi connectivity index (χ1n) is 10.7. The van der Waals surface area contributed by atoms with Gasteiger partial charge in [-0.15, -0.1) is 0 Å². The van der Waals surface area contributed by atoms with Crippen molar-refractivity contribution in [3.8, 4) is 0 Å². The fourth-order valence-corrected chi connectivity index (χ4v) is 3.11. The van der Waals surface area contributed by atoms with Gasteiger partial charge in [-0.05, 0) is 6.42 Å². The molecule has 0 spiro atoms. The molecule has 0 aliphatic carbocycles. The van der Waals surface area contributed by atoms with Gasteiger partial charge < -0.3 is 9.47 Å². The highest BCUT2D eigenvalue weighted by Crippen LogP contribution is 2.13. The molecule has 0 amide bonds. The Balaban J connectivity index is 2.97. The molecule has 0 aromatic carbocycles. The van der Waals surface area contributed by atoms with Gasteiger partial charge >= 0.3 is 5.43 Å². The lowest BCUT2D eigenvalue weighted by Crippen LogP contribution is -2.06. The molecule has 0 heterocycles. The van der Waals surface area contributed by atoms with Crippen LogP contribution in [0.2, 0.25) is 0 Å². The molecule has 0 bridgehead atoms. The molecule has 0 aliphatic heterocycles. The molecule has 0 rings (SSSR count). The standard InChI is InChI=1S/C21H41ClO3/c1-2-3-4-5-6-7-8-9-10-11-12-13-14-15-16-17-18-24-19-20-25-21(22)23/h2-20H2,1H3. The van der Waals surface area contributed by atoms with Crippen molar-refractivity contribution in [2.75, 3.05) is 19.8 Å². The van der Waals surface area contributed by atoms with Crippen LogP contribution >= 0.6 is 11.6 Å². The van der Waals surface area contributed by atoms with Crippen LogP contribution in [-0.2, 0) is 9.47 Å². The van der Waals surface area contributed by atoms with Crippen LogP contribution in [0.15, 0.2) is 0 Å². The third-order valence-corrected chi connectivity index (χ3v) is 4.69. The molecule has 0 aromatic rings. The van der Waals surface area contributed by atoms with Crippen LogP contribution in [-0.4, -0.2) is 25.2 Å². The van der Waals surface area contributed by atoms with Gasteiger partial charge in [0, 0.05) is 18.2 Å². The van der Waals surface area contributed by atoms with Crippen LogP contribution in [0.5, 0.6) is 0 Å². The summed E-state index contributed by atoms with van der Waals surface area (Å²) in [6.07, 6.45) is 22.0. The Kier molecular flexibility index (Phi) is 21.5. The van der Waals surface area contributed by atoms with Gasteiger partial charge in [0.15, 0.2) is 0 Å². The van der Waals surface area contributed by atoms with Gasteiger partial charge in [-0.3, -0.25) is 0 Å². The summed E-state index contributed by atoms with van der Waals surface area (Å²) in [4.78, 5) is 10.3. The molecule has 0 atom stereocenters. The number of rotatable bonds is 20. The van der Waals surface area contributed by atoms with Gasteiger partial charge in [0.25, 0.3) is 0 Å². The van der Waals surface area contributed by atoms with E-state index in [0.29, 0.717) is 6.61 Å². The minimum atomic E-state index is -0.758. The highest BCUT2D eigenvalue weighted by Gasteiger charge is 1.96. The second kappa shape index (κ2) is 21.8. The van der Waals surface area contributed by atoms with Crippen LogP contribution in [0, 0.1) is 0 Å². The first-order chi connectivity index (χ1) is 12.3. The zero-order valence-electron chi connectivity index (χ0n) is 16.5. The maximum absolute atomic E-state index is 10.3. The predicted octanol–water partition coefficient (Wildman–Crippen LogP) is 7.64. The normalized spacial score (nSPS) is 11.0. The van der Waals surface area contributed by atoms with Crippen LogP contribution in [0.3, 0.4) is 0 Å². The smallest absolute Gasteiger partial charge is 0.403 e. The van der Waals surface area contributed by atoms with E-state index in [-0.39, 0.29) is 6.61 Å². The molecule has 0 saturated heterocycles. The Labute approximate surface area is 161 Å². The lowest BCUT2D eigenvalue weighted by molar-refractivity contribution is 0.0800. The quantitative estimate of drug-likeness (QED) is 0.162. The van der Waals surface area contributed by atoms with Crippen LogP contribution in [0.25, 0.3) is 0 Å². The first kappa shape index (κ1) is 24.7. The Morgan fingerprint density at radius 2 is 1.00 bits per heavy atom. The molecule has 0 unspecified atom stereocenters. The fourth-order valence-electron chi connectivity index (χ4n) is 3.04. The summed E-state index contributed by atoms with van der Waals surface area (Å²) >= 11 is 5.05. The molecule has 3 nitrogen and oxygen atoms in total. The van der Waals surface area contributed by atoms with Gasteiger partial charge in [-0.25, -0.2) is 4.79 Å². The monoisotopic (exact) mass is 376 g/mol. The van der Waals surface area contributed by atoms with Crippen molar-refractivity contribution < 1.29 is 14.3 Å². The van der Waals surface area contributed by atoms with E-state index in [1.807, 2.05) is 0 Å². The zero-order chi connectivity index (χ0) is 18.4. The number of halogens is 1. The van der Waals surface area contributed by atoms with Gasteiger partial charge in [0.1, 0.15) is 6.61 Å². The summed E-state index contributed by atoms with van der Waals surface area (Å²) in [6, 6.07) is 0. The lowest BCUT2D eigenvalue weighted by atomic mass is 10.0. The number of unbranched alkanes of at least 4 members (excludes halogenated alkanes) is 15. The van der Waals surface area contributed by atoms with Gasteiger partial charge in [-0.2, -0.15) is 0 Å². The Bertz CT molecular complexity index is 272. The van der Waals surface area contributed by atoms with Crippen molar-refractivity contribution in [1.82, 2.24) is 0 Å². The maximum Gasteiger partial charge on any atom is 0.403 e. The second-order valence-corrected chi connectivity index (χ2v) is 7.31. The fraction of sp³-hybridized carbons (Fsp3) is 0.952.